The Hall–Kier alpha value is -1.62. The van der Waals surface area contributed by atoms with E-state index < -0.39 is 5.97 Å². The Morgan fingerprint density at radius 1 is 1.45 bits per heavy atom. The SMILES string of the molecule is COCCN(CC(C)C)c1cc(C)nc(C)c1C(=O)O. The lowest BCUT2D eigenvalue weighted by Gasteiger charge is -2.28. The number of methoxy groups -OCH3 is 1. The predicted octanol–water partition coefficient (Wildman–Crippen LogP) is 2.51. The van der Waals surface area contributed by atoms with Crippen molar-refractivity contribution < 1.29 is 14.6 Å². The van der Waals surface area contributed by atoms with Gasteiger partial charge in [-0.1, -0.05) is 13.8 Å². The third-order valence-corrected chi connectivity index (χ3v) is 3.01. The van der Waals surface area contributed by atoms with Gasteiger partial charge >= 0.3 is 5.97 Å². The first-order valence-electron chi connectivity index (χ1n) is 6.82. The number of aryl methyl sites for hydroxylation is 2. The van der Waals surface area contributed by atoms with Crippen molar-refractivity contribution >= 4 is 11.7 Å². The summed E-state index contributed by atoms with van der Waals surface area (Å²) in [6.45, 7) is 9.86. The first-order chi connectivity index (χ1) is 9.36. The molecule has 1 heterocycles. The van der Waals surface area contributed by atoms with Crippen molar-refractivity contribution in [2.45, 2.75) is 27.7 Å². The van der Waals surface area contributed by atoms with E-state index >= 15 is 0 Å². The van der Waals surface area contributed by atoms with Gasteiger partial charge in [-0.05, 0) is 25.8 Å². The van der Waals surface area contributed by atoms with Crippen LogP contribution in [0.1, 0.15) is 35.6 Å². The Kier molecular flexibility index (Phi) is 5.95. The molecule has 20 heavy (non-hydrogen) atoms. The van der Waals surface area contributed by atoms with Gasteiger partial charge in [-0.25, -0.2) is 4.79 Å². The van der Waals surface area contributed by atoms with Crippen molar-refractivity contribution in [1.82, 2.24) is 4.98 Å². The van der Waals surface area contributed by atoms with E-state index in [0.29, 0.717) is 24.8 Å². The number of hydrogen-bond acceptors (Lipinski definition) is 4. The third-order valence-electron chi connectivity index (χ3n) is 3.01. The van der Waals surface area contributed by atoms with E-state index in [1.165, 1.54) is 0 Å². The minimum absolute atomic E-state index is 0.285. The number of anilines is 1. The molecule has 1 aromatic heterocycles. The number of ether oxygens (including phenoxy) is 1. The highest BCUT2D eigenvalue weighted by Gasteiger charge is 2.20. The second-order valence-corrected chi connectivity index (χ2v) is 5.38. The van der Waals surface area contributed by atoms with Gasteiger partial charge < -0.3 is 14.7 Å². The van der Waals surface area contributed by atoms with Crippen LogP contribution in [0.15, 0.2) is 6.07 Å². The van der Waals surface area contributed by atoms with Crippen LogP contribution in [0.25, 0.3) is 0 Å². The number of carbonyl (C=O) groups is 1. The van der Waals surface area contributed by atoms with Gasteiger partial charge in [-0.15, -0.1) is 0 Å². The van der Waals surface area contributed by atoms with Crippen molar-refractivity contribution in [2.75, 3.05) is 31.7 Å². The summed E-state index contributed by atoms with van der Waals surface area (Å²) in [7, 11) is 1.65. The quantitative estimate of drug-likeness (QED) is 0.831. The smallest absolute Gasteiger partial charge is 0.339 e. The van der Waals surface area contributed by atoms with Crippen LogP contribution in [0.2, 0.25) is 0 Å². The molecule has 0 unspecified atom stereocenters. The maximum atomic E-state index is 11.5. The Morgan fingerprint density at radius 2 is 2.10 bits per heavy atom. The number of aromatic nitrogens is 1. The van der Waals surface area contributed by atoms with Crippen molar-refractivity contribution in [1.29, 1.82) is 0 Å². The average molecular weight is 280 g/mol. The fourth-order valence-corrected chi connectivity index (χ4v) is 2.27. The lowest BCUT2D eigenvalue weighted by molar-refractivity contribution is 0.0696. The third kappa shape index (κ3) is 4.20. The van der Waals surface area contributed by atoms with Crippen LogP contribution in [0.5, 0.6) is 0 Å². The van der Waals surface area contributed by atoms with Crippen molar-refractivity contribution in [3.8, 4) is 0 Å². The molecule has 0 radical (unpaired) electrons. The molecule has 0 amide bonds. The summed E-state index contributed by atoms with van der Waals surface area (Å²) in [4.78, 5) is 17.8. The first-order valence-corrected chi connectivity index (χ1v) is 6.82. The Balaban J connectivity index is 3.25. The van der Waals surface area contributed by atoms with E-state index in [0.717, 1.165) is 17.9 Å². The number of carboxylic acids is 1. The van der Waals surface area contributed by atoms with Gasteiger partial charge in [0.25, 0.3) is 0 Å². The summed E-state index contributed by atoms with van der Waals surface area (Å²) in [6, 6.07) is 1.84. The zero-order valence-corrected chi connectivity index (χ0v) is 12.9. The molecule has 5 nitrogen and oxygen atoms in total. The average Bonchev–Trinajstić information content (AvgIpc) is 2.32. The standard InChI is InChI=1S/C15H24N2O3/c1-10(2)9-17(6-7-20-5)13-8-11(3)16-12(4)14(13)15(18)19/h8,10H,6-7,9H2,1-5H3,(H,18,19). The molecule has 1 N–H and O–H groups in total. The lowest BCUT2D eigenvalue weighted by atomic mass is 10.1. The fraction of sp³-hybridized carbons (Fsp3) is 0.600. The largest absolute Gasteiger partial charge is 0.478 e. The molecule has 0 aliphatic heterocycles. The molecular weight excluding hydrogens is 256 g/mol. The molecule has 0 spiro atoms. The zero-order chi connectivity index (χ0) is 15.3. The van der Waals surface area contributed by atoms with Crippen LogP contribution in [0, 0.1) is 19.8 Å². The minimum atomic E-state index is -0.934. The van der Waals surface area contributed by atoms with Gasteiger partial charge in [-0.2, -0.15) is 0 Å². The van der Waals surface area contributed by atoms with Crippen LogP contribution >= 0.6 is 0 Å². The molecule has 0 aliphatic carbocycles. The summed E-state index contributed by atoms with van der Waals surface area (Å²) in [5.41, 5.74) is 2.40. The molecule has 1 rings (SSSR count). The molecular formula is C15H24N2O3. The van der Waals surface area contributed by atoms with Gasteiger partial charge in [0.15, 0.2) is 0 Å². The molecule has 0 saturated heterocycles. The lowest BCUT2D eigenvalue weighted by Crippen LogP contribution is -2.32. The highest BCUT2D eigenvalue weighted by atomic mass is 16.5. The van der Waals surface area contributed by atoms with Crippen LogP contribution in [0.3, 0.4) is 0 Å². The number of aromatic carboxylic acids is 1. The highest BCUT2D eigenvalue weighted by Crippen LogP contribution is 2.25. The molecule has 0 fully saturated rings. The van der Waals surface area contributed by atoms with E-state index in [2.05, 4.69) is 23.7 Å². The summed E-state index contributed by atoms with van der Waals surface area (Å²) < 4.78 is 5.13. The fourth-order valence-electron chi connectivity index (χ4n) is 2.27. The van der Waals surface area contributed by atoms with Crippen LogP contribution in [0.4, 0.5) is 5.69 Å². The monoisotopic (exact) mass is 280 g/mol. The van der Waals surface area contributed by atoms with E-state index in [1.54, 1.807) is 14.0 Å². The van der Waals surface area contributed by atoms with E-state index in [9.17, 15) is 9.90 Å². The van der Waals surface area contributed by atoms with Gasteiger partial charge in [0.05, 0.1) is 18.0 Å². The number of carboxylic acid groups (broad SMARTS) is 1. The second-order valence-electron chi connectivity index (χ2n) is 5.38. The Bertz CT molecular complexity index is 472. The number of rotatable bonds is 7. The topological polar surface area (TPSA) is 62.7 Å². The summed E-state index contributed by atoms with van der Waals surface area (Å²) >= 11 is 0. The predicted molar refractivity (Wildman–Crippen MR) is 79.6 cm³/mol. The highest BCUT2D eigenvalue weighted by molar-refractivity contribution is 5.95. The summed E-state index contributed by atoms with van der Waals surface area (Å²) in [6.07, 6.45) is 0. The molecule has 0 bridgehead atoms. The molecule has 0 aromatic carbocycles. The van der Waals surface area contributed by atoms with E-state index in [-0.39, 0.29) is 5.56 Å². The zero-order valence-electron chi connectivity index (χ0n) is 12.9. The Morgan fingerprint density at radius 3 is 2.60 bits per heavy atom. The summed E-state index contributed by atoms with van der Waals surface area (Å²) in [5, 5.41) is 9.45. The van der Waals surface area contributed by atoms with Crippen LogP contribution < -0.4 is 4.90 Å². The molecule has 1 aromatic rings. The van der Waals surface area contributed by atoms with Gasteiger partial charge in [0, 0.05) is 25.9 Å². The maximum Gasteiger partial charge on any atom is 0.339 e. The number of nitrogens with zero attached hydrogens (tertiary/aromatic N) is 2. The van der Waals surface area contributed by atoms with Crippen molar-refractivity contribution in [3.05, 3.63) is 23.0 Å². The number of pyridine rings is 1. The first kappa shape index (κ1) is 16.4. The minimum Gasteiger partial charge on any atom is -0.478 e. The molecule has 0 atom stereocenters. The second kappa shape index (κ2) is 7.24. The van der Waals surface area contributed by atoms with Gasteiger partial charge in [-0.3, -0.25) is 4.98 Å². The normalized spacial score (nSPS) is 10.9. The van der Waals surface area contributed by atoms with Gasteiger partial charge in [0.1, 0.15) is 5.56 Å². The molecule has 0 aliphatic rings. The van der Waals surface area contributed by atoms with Crippen LogP contribution in [-0.2, 0) is 4.74 Å². The van der Waals surface area contributed by atoms with Crippen LogP contribution in [-0.4, -0.2) is 42.9 Å². The van der Waals surface area contributed by atoms with Gasteiger partial charge in [0.2, 0.25) is 0 Å². The van der Waals surface area contributed by atoms with E-state index in [4.69, 9.17) is 4.74 Å². The van der Waals surface area contributed by atoms with Crippen molar-refractivity contribution in [2.24, 2.45) is 5.92 Å². The number of hydrogen-bond donors (Lipinski definition) is 1. The maximum absolute atomic E-state index is 11.5. The van der Waals surface area contributed by atoms with Crippen molar-refractivity contribution in [3.63, 3.8) is 0 Å². The molecule has 5 heteroatoms. The Labute approximate surface area is 120 Å². The van der Waals surface area contributed by atoms with E-state index in [1.807, 2.05) is 13.0 Å². The molecule has 0 saturated carbocycles. The molecule has 112 valence electrons. The summed E-state index contributed by atoms with van der Waals surface area (Å²) in [5.74, 6) is -0.501.